The van der Waals surface area contributed by atoms with E-state index in [1.54, 1.807) is 0 Å². The van der Waals surface area contributed by atoms with E-state index in [4.69, 9.17) is 5.73 Å². The van der Waals surface area contributed by atoms with Gasteiger partial charge in [-0.2, -0.15) is 0 Å². The highest BCUT2D eigenvalue weighted by Crippen LogP contribution is 2.36. The van der Waals surface area contributed by atoms with Gasteiger partial charge in [0.2, 0.25) is 0 Å². The summed E-state index contributed by atoms with van der Waals surface area (Å²) in [6.07, 6.45) is 4.29. The fourth-order valence-electron chi connectivity index (χ4n) is 3.25. The molecule has 0 radical (unpaired) electrons. The maximum atomic E-state index is 13.0. The normalized spacial score (nSPS) is 25.3. The lowest BCUT2D eigenvalue weighted by Crippen LogP contribution is -2.32. The Balaban J connectivity index is 2.27. The van der Waals surface area contributed by atoms with Crippen LogP contribution in [0, 0.1) is 5.92 Å². The van der Waals surface area contributed by atoms with Crippen molar-refractivity contribution in [3.63, 3.8) is 0 Å². The molecule has 0 aromatic heterocycles. The van der Waals surface area contributed by atoms with Gasteiger partial charge in [0, 0.05) is 0 Å². The van der Waals surface area contributed by atoms with Crippen LogP contribution in [0.4, 0.5) is 0 Å². The lowest BCUT2D eigenvalue weighted by atomic mass is 9.90. The van der Waals surface area contributed by atoms with Crippen LogP contribution in [0.3, 0.4) is 0 Å². The zero-order chi connectivity index (χ0) is 14.6. The molecule has 0 spiro atoms. The van der Waals surface area contributed by atoms with Gasteiger partial charge in [0.05, 0.1) is 10.5 Å². The summed E-state index contributed by atoms with van der Waals surface area (Å²) in [6, 6.07) is 9.53. The summed E-state index contributed by atoms with van der Waals surface area (Å²) in [4.78, 5) is 0. The first kappa shape index (κ1) is 15.5. The van der Waals surface area contributed by atoms with E-state index in [0.29, 0.717) is 18.9 Å². The standard InChI is InChI=1S/C16H25NO2S/c1-13-6-5-9-15(12-13)20(18,19)16(10-11-17)14-7-3-2-4-8-14/h2-4,7-8,13,15-16H,5-6,9-12,17H2,1H3. The number of benzene rings is 1. The van der Waals surface area contributed by atoms with Gasteiger partial charge in [0.1, 0.15) is 0 Å². The largest absolute Gasteiger partial charge is 0.330 e. The van der Waals surface area contributed by atoms with Gasteiger partial charge in [0.25, 0.3) is 0 Å². The Hall–Kier alpha value is -0.870. The molecule has 0 aliphatic heterocycles. The molecule has 3 nitrogen and oxygen atoms in total. The minimum atomic E-state index is -3.15. The van der Waals surface area contributed by atoms with Gasteiger partial charge in [-0.15, -0.1) is 0 Å². The van der Waals surface area contributed by atoms with Crippen LogP contribution in [0.1, 0.15) is 49.8 Å². The van der Waals surface area contributed by atoms with Crippen LogP contribution in [0.15, 0.2) is 30.3 Å². The average molecular weight is 295 g/mol. The minimum absolute atomic E-state index is 0.192. The van der Waals surface area contributed by atoms with Crippen LogP contribution in [-0.4, -0.2) is 20.2 Å². The van der Waals surface area contributed by atoms with Crippen molar-refractivity contribution in [2.24, 2.45) is 11.7 Å². The maximum absolute atomic E-state index is 13.0. The minimum Gasteiger partial charge on any atom is -0.330 e. The predicted octanol–water partition coefficient (Wildman–Crippen LogP) is 3.07. The Morgan fingerprint density at radius 3 is 2.55 bits per heavy atom. The summed E-state index contributed by atoms with van der Waals surface area (Å²) < 4.78 is 25.9. The summed E-state index contributed by atoms with van der Waals surface area (Å²) in [6.45, 7) is 2.56. The van der Waals surface area contributed by atoms with E-state index >= 15 is 0 Å². The van der Waals surface area contributed by atoms with Crippen LogP contribution < -0.4 is 5.73 Å². The van der Waals surface area contributed by atoms with Crippen LogP contribution in [0.25, 0.3) is 0 Å². The third kappa shape index (κ3) is 3.41. The Labute approximate surface area is 122 Å². The van der Waals surface area contributed by atoms with Crippen molar-refractivity contribution in [2.75, 3.05) is 6.54 Å². The molecule has 1 saturated carbocycles. The molecule has 2 N–H and O–H groups in total. The molecule has 0 amide bonds. The Bertz CT molecular complexity index is 513. The molecule has 1 aromatic rings. The van der Waals surface area contributed by atoms with E-state index in [1.165, 1.54) is 0 Å². The summed E-state index contributed by atoms with van der Waals surface area (Å²) >= 11 is 0. The van der Waals surface area contributed by atoms with Crippen LogP contribution >= 0.6 is 0 Å². The van der Waals surface area contributed by atoms with Gasteiger partial charge in [-0.05, 0) is 37.3 Å². The van der Waals surface area contributed by atoms with E-state index in [9.17, 15) is 8.42 Å². The topological polar surface area (TPSA) is 60.2 Å². The monoisotopic (exact) mass is 295 g/mol. The van der Waals surface area contributed by atoms with Gasteiger partial charge in [-0.3, -0.25) is 0 Å². The van der Waals surface area contributed by atoms with Crippen molar-refractivity contribution < 1.29 is 8.42 Å². The second-order valence-electron chi connectivity index (χ2n) is 5.96. The van der Waals surface area contributed by atoms with E-state index in [1.807, 2.05) is 30.3 Å². The maximum Gasteiger partial charge on any atom is 0.160 e. The Morgan fingerprint density at radius 2 is 1.95 bits per heavy atom. The lowest BCUT2D eigenvalue weighted by molar-refractivity contribution is 0.379. The van der Waals surface area contributed by atoms with Gasteiger partial charge < -0.3 is 5.73 Å². The molecule has 3 unspecified atom stereocenters. The third-order valence-electron chi connectivity index (χ3n) is 4.35. The molecule has 1 aliphatic rings. The van der Waals surface area contributed by atoms with Crippen LogP contribution in [0.2, 0.25) is 0 Å². The molecule has 1 fully saturated rings. The number of hydrogen-bond donors (Lipinski definition) is 1. The number of sulfone groups is 1. The summed E-state index contributed by atoms with van der Waals surface area (Å²) in [5.41, 5.74) is 6.54. The number of hydrogen-bond acceptors (Lipinski definition) is 3. The van der Waals surface area contributed by atoms with Crippen molar-refractivity contribution in [3.8, 4) is 0 Å². The van der Waals surface area contributed by atoms with Gasteiger partial charge >= 0.3 is 0 Å². The molecular weight excluding hydrogens is 270 g/mol. The first-order valence-corrected chi connectivity index (χ1v) is 9.14. The van der Waals surface area contributed by atoms with Crippen molar-refractivity contribution in [3.05, 3.63) is 35.9 Å². The van der Waals surface area contributed by atoms with E-state index in [0.717, 1.165) is 31.2 Å². The molecule has 1 aromatic carbocycles. The fraction of sp³-hybridized carbons (Fsp3) is 0.625. The summed E-state index contributed by atoms with van der Waals surface area (Å²) in [5.74, 6) is 0.512. The zero-order valence-corrected chi connectivity index (χ0v) is 13.0. The molecule has 1 aliphatic carbocycles. The van der Waals surface area contributed by atoms with Crippen molar-refractivity contribution in [1.29, 1.82) is 0 Å². The first-order valence-electron chi connectivity index (χ1n) is 7.53. The molecular formula is C16H25NO2S. The molecule has 3 atom stereocenters. The molecule has 4 heteroatoms. The van der Waals surface area contributed by atoms with E-state index in [-0.39, 0.29) is 5.25 Å². The Morgan fingerprint density at radius 1 is 1.25 bits per heavy atom. The third-order valence-corrected chi connectivity index (χ3v) is 7.01. The van der Waals surface area contributed by atoms with Crippen LogP contribution in [0.5, 0.6) is 0 Å². The Kier molecular flexibility index (Phi) is 5.22. The number of rotatable bonds is 5. The van der Waals surface area contributed by atoms with Gasteiger partial charge in [-0.25, -0.2) is 8.42 Å². The molecule has 0 bridgehead atoms. The predicted molar refractivity (Wildman–Crippen MR) is 83.2 cm³/mol. The zero-order valence-electron chi connectivity index (χ0n) is 12.2. The average Bonchev–Trinajstić information content (AvgIpc) is 2.45. The fourth-order valence-corrected chi connectivity index (χ4v) is 5.81. The molecule has 2 rings (SSSR count). The SMILES string of the molecule is CC1CCCC(S(=O)(=O)C(CCN)c2ccccc2)C1. The second kappa shape index (κ2) is 6.72. The van der Waals surface area contributed by atoms with Crippen molar-refractivity contribution in [2.45, 2.75) is 49.5 Å². The number of nitrogens with two attached hydrogens (primary N) is 1. The van der Waals surface area contributed by atoms with E-state index in [2.05, 4.69) is 6.92 Å². The smallest absolute Gasteiger partial charge is 0.160 e. The van der Waals surface area contributed by atoms with Gasteiger partial charge in [-0.1, -0.05) is 50.1 Å². The lowest BCUT2D eigenvalue weighted by Gasteiger charge is -2.30. The van der Waals surface area contributed by atoms with Gasteiger partial charge in [0.15, 0.2) is 9.84 Å². The second-order valence-corrected chi connectivity index (χ2v) is 8.37. The first-order chi connectivity index (χ1) is 9.55. The molecule has 112 valence electrons. The van der Waals surface area contributed by atoms with E-state index < -0.39 is 15.1 Å². The van der Waals surface area contributed by atoms with Crippen molar-refractivity contribution in [1.82, 2.24) is 0 Å². The highest BCUT2D eigenvalue weighted by Gasteiger charge is 2.36. The molecule has 20 heavy (non-hydrogen) atoms. The summed E-state index contributed by atoms with van der Waals surface area (Å²) in [7, 11) is -3.15. The summed E-state index contributed by atoms with van der Waals surface area (Å²) in [5, 5.41) is -0.632. The highest BCUT2D eigenvalue weighted by molar-refractivity contribution is 7.92. The highest BCUT2D eigenvalue weighted by atomic mass is 32.2. The van der Waals surface area contributed by atoms with Crippen LogP contribution in [-0.2, 0) is 9.84 Å². The molecule has 0 heterocycles. The quantitative estimate of drug-likeness (QED) is 0.908. The van der Waals surface area contributed by atoms with Crippen molar-refractivity contribution >= 4 is 9.84 Å². The molecule has 0 saturated heterocycles.